The Kier molecular flexibility index (Phi) is 4.63. The van der Waals surface area contributed by atoms with Crippen LogP contribution >= 0.6 is 0 Å². The third-order valence-electron chi connectivity index (χ3n) is 1.77. The molecular formula is C11H15NO3. The van der Waals surface area contributed by atoms with Gasteiger partial charge in [0, 0.05) is 17.8 Å². The Bertz CT molecular complexity index is 337. The number of ether oxygens (including phenoxy) is 1. The van der Waals surface area contributed by atoms with Gasteiger partial charge in [-0.1, -0.05) is 0 Å². The molecule has 1 rings (SSSR count). The molecule has 0 radical (unpaired) electrons. The van der Waals surface area contributed by atoms with E-state index in [9.17, 15) is 5.11 Å². The number of aliphatic hydroxyl groups is 1. The molecular weight excluding hydrogens is 194 g/mol. The Hall–Kier alpha value is -1.55. The number of hydrogen-bond donors (Lipinski definition) is 2. The lowest BCUT2D eigenvalue weighted by Gasteiger charge is -2.04. The number of nitrogens with zero attached hydrogens (tertiary/aromatic N) is 1. The summed E-state index contributed by atoms with van der Waals surface area (Å²) in [6.45, 7) is 2.80. The average molecular weight is 209 g/mol. The molecule has 4 nitrogen and oxygen atoms in total. The molecule has 2 N–H and O–H groups in total. The van der Waals surface area contributed by atoms with Gasteiger partial charge in [-0.2, -0.15) is 0 Å². The van der Waals surface area contributed by atoms with Gasteiger partial charge in [-0.3, -0.25) is 4.99 Å². The van der Waals surface area contributed by atoms with Crippen LogP contribution in [0.1, 0.15) is 12.5 Å². The van der Waals surface area contributed by atoms with Gasteiger partial charge in [0.15, 0.2) is 0 Å². The van der Waals surface area contributed by atoms with Gasteiger partial charge in [0.05, 0.1) is 19.8 Å². The monoisotopic (exact) mass is 209 g/mol. The molecule has 0 aliphatic carbocycles. The fourth-order valence-corrected chi connectivity index (χ4v) is 1.11. The van der Waals surface area contributed by atoms with Crippen molar-refractivity contribution >= 4 is 6.21 Å². The van der Waals surface area contributed by atoms with Crippen molar-refractivity contribution in [2.75, 3.05) is 19.8 Å². The number of hydrogen-bond acceptors (Lipinski definition) is 4. The molecule has 0 aliphatic rings. The number of aliphatic hydroxyl groups excluding tert-OH is 1. The third-order valence-corrected chi connectivity index (χ3v) is 1.77. The zero-order chi connectivity index (χ0) is 11.1. The lowest BCUT2D eigenvalue weighted by molar-refractivity contribution is 0.307. The molecule has 0 atom stereocenters. The highest BCUT2D eigenvalue weighted by atomic mass is 16.5. The van der Waals surface area contributed by atoms with Crippen LogP contribution in [0.4, 0.5) is 0 Å². The van der Waals surface area contributed by atoms with Crippen molar-refractivity contribution in [1.82, 2.24) is 0 Å². The van der Waals surface area contributed by atoms with E-state index in [-0.39, 0.29) is 12.4 Å². The maximum Gasteiger partial charge on any atom is 0.128 e. The van der Waals surface area contributed by atoms with Gasteiger partial charge in [0.2, 0.25) is 0 Å². The van der Waals surface area contributed by atoms with Crippen LogP contribution in [0.15, 0.2) is 23.2 Å². The molecule has 0 fully saturated rings. The molecule has 0 amide bonds. The van der Waals surface area contributed by atoms with E-state index in [4.69, 9.17) is 9.84 Å². The summed E-state index contributed by atoms with van der Waals surface area (Å²) in [5.74, 6) is 0.761. The topological polar surface area (TPSA) is 62.0 Å². The summed E-state index contributed by atoms with van der Waals surface area (Å²) in [6, 6.07) is 5.04. The van der Waals surface area contributed by atoms with Crippen LogP contribution in [-0.2, 0) is 0 Å². The third kappa shape index (κ3) is 3.59. The van der Waals surface area contributed by atoms with Crippen molar-refractivity contribution in [3.05, 3.63) is 23.8 Å². The molecule has 0 saturated heterocycles. The lowest BCUT2D eigenvalue weighted by Crippen LogP contribution is -1.93. The summed E-state index contributed by atoms with van der Waals surface area (Å²) in [5, 5.41) is 18.1. The van der Waals surface area contributed by atoms with E-state index in [0.29, 0.717) is 24.5 Å². The Morgan fingerprint density at radius 1 is 1.47 bits per heavy atom. The van der Waals surface area contributed by atoms with Crippen LogP contribution in [0, 0.1) is 0 Å². The first-order valence-electron chi connectivity index (χ1n) is 4.84. The first-order valence-corrected chi connectivity index (χ1v) is 4.84. The zero-order valence-corrected chi connectivity index (χ0v) is 8.68. The van der Waals surface area contributed by atoms with Crippen molar-refractivity contribution in [2.24, 2.45) is 4.99 Å². The average Bonchev–Trinajstić information content (AvgIpc) is 2.22. The van der Waals surface area contributed by atoms with E-state index in [1.165, 1.54) is 6.21 Å². The summed E-state index contributed by atoms with van der Waals surface area (Å²) in [6.07, 6.45) is 1.53. The standard InChI is InChI=1S/C11H15NO3/c1-2-15-10-4-3-9(11(14)7-10)8-12-5-6-13/h3-4,7-8,13-14H,2,5-6H2,1H3/b12-8+. The minimum Gasteiger partial charge on any atom is -0.507 e. The van der Waals surface area contributed by atoms with Gasteiger partial charge in [0.1, 0.15) is 11.5 Å². The first kappa shape index (κ1) is 11.5. The van der Waals surface area contributed by atoms with Crippen molar-refractivity contribution in [2.45, 2.75) is 6.92 Å². The summed E-state index contributed by atoms with van der Waals surface area (Å²) in [5.41, 5.74) is 0.618. The Morgan fingerprint density at radius 3 is 2.87 bits per heavy atom. The summed E-state index contributed by atoms with van der Waals surface area (Å²) in [4.78, 5) is 3.92. The Morgan fingerprint density at radius 2 is 2.27 bits per heavy atom. The van der Waals surface area contributed by atoms with Crippen LogP contribution in [0.25, 0.3) is 0 Å². The highest BCUT2D eigenvalue weighted by Crippen LogP contribution is 2.22. The summed E-state index contributed by atoms with van der Waals surface area (Å²) >= 11 is 0. The highest BCUT2D eigenvalue weighted by Gasteiger charge is 2.00. The highest BCUT2D eigenvalue weighted by molar-refractivity contribution is 5.83. The molecule has 0 unspecified atom stereocenters. The molecule has 0 bridgehead atoms. The van der Waals surface area contributed by atoms with Crippen molar-refractivity contribution in [3.63, 3.8) is 0 Å². The van der Waals surface area contributed by atoms with Crippen LogP contribution < -0.4 is 4.74 Å². The normalized spacial score (nSPS) is 10.8. The molecule has 4 heteroatoms. The van der Waals surface area contributed by atoms with E-state index >= 15 is 0 Å². The predicted molar refractivity (Wildman–Crippen MR) is 58.8 cm³/mol. The van der Waals surface area contributed by atoms with Crippen LogP contribution in [-0.4, -0.2) is 36.2 Å². The second kappa shape index (κ2) is 6.03. The lowest BCUT2D eigenvalue weighted by atomic mass is 10.2. The Labute approximate surface area is 88.9 Å². The second-order valence-electron chi connectivity index (χ2n) is 2.91. The minimum absolute atomic E-state index is 0.00823. The van der Waals surface area contributed by atoms with Gasteiger partial charge >= 0.3 is 0 Å². The van der Waals surface area contributed by atoms with Crippen molar-refractivity contribution in [1.29, 1.82) is 0 Å². The van der Waals surface area contributed by atoms with Gasteiger partial charge in [-0.15, -0.1) is 0 Å². The maximum absolute atomic E-state index is 9.58. The van der Waals surface area contributed by atoms with Crippen molar-refractivity contribution < 1.29 is 14.9 Å². The Balaban J connectivity index is 2.74. The number of phenols is 1. The van der Waals surface area contributed by atoms with Gasteiger partial charge in [-0.05, 0) is 19.1 Å². The van der Waals surface area contributed by atoms with Crippen LogP contribution in [0.5, 0.6) is 11.5 Å². The molecule has 0 heterocycles. The smallest absolute Gasteiger partial charge is 0.128 e. The SMILES string of the molecule is CCOc1ccc(/C=N/CCO)c(O)c1. The van der Waals surface area contributed by atoms with Crippen LogP contribution in [0.3, 0.4) is 0 Å². The maximum atomic E-state index is 9.58. The van der Waals surface area contributed by atoms with E-state index in [2.05, 4.69) is 4.99 Å². The fourth-order valence-electron chi connectivity index (χ4n) is 1.11. The molecule has 1 aromatic carbocycles. The molecule has 1 aromatic rings. The molecule has 0 spiro atoms. The molecule has 0 aliphatic heterocycles. The summed E-state index contributed by atoms with van der Waals surface area (Å²) < 4.78 is 5.22. The summed E-state index contributed by atoms with van der Waals surface area (Å²) in [7, 11) is 0. The van der Waals surface area contributed by atoms with E-state index in [1.54, 1.807) is 18.2 Å². The van der Waals surface area contributed by atoms with Gasteiger partial charge < -0.3 is 14.9 Å². The number of rotatable bonds is 5. The van der Waals surface area contributed by atoms with Crippen molar-refractivity contribution in [3.8, 4) is 11.5 Å². The molecule has 15 heavy (non-hydrogen) atoms. The number of aromatic hydroxyl groups is 1. The first-order chi connectivity index (χ1) is 7.27. The van der Waals surface area contributed by atoms with Gasteiger partial charge in [-0.25, -0.2) is 0 Å². The van der Waals surface area contributed by atoms with Gasteiger partial charge in [0.25, 0.3) is 0 Å². The minimum atomic E-state index is 0.00823. The number of phenolic OH excluding ortho intramolecular Hbond substituents is 1. The zero-order valence-electron chi connectivity index (χ0n) is 8.68. The predicted octanol–water partition coefficient (Wildman–Crippen LogP) is 1.20. The molecule has 0 aromatic heterocycles. The number of aliphatic imine (C=N–C) groups is 1. The quantitative estimate of drug-likeness (QED) is 0.716. The van der Waals surface area contributed by atoms with E-state index in [0.717, 1.165) is 0 Å². The van der Waals surface area contributed by atoms with Crippen LogP contribution in [0.2, 0.25) is 0 Å². The van der Waals surface area contributed by atoms with E-state index < -0.39 is 0 Å². The van der Waals surface area contributed by atoms with E-state index in [1.807, 2.05) is 6.92 Å². The number of benzene rings is 1. The molecule has 0 saturated carbocycles. The second-order valence-corrected chi connectivity index (χ2v) is 2.91. The largest absolute Gasteiger partial charge is 0.507 e. The fraction of sp³-hybridized carbons (Fsp3) is 0.364. The molecule has 82 valence electrons.